The lowest BCUT2D eigenvalue weighted by Gasteiger charge is -2.24. The first-order valence-electron chi connectivity index (χ1n) is 6.31. The average molecular weight is 309 g/mol. The summed E-state index contributed by atoms with van der Waals surface area (Å²) in [5.74, 6) is 0. The molecule has 0 saturated carbocycles. The van der Waals surface area contributed by atoms with E-state index in [1.54, 1.807) is 0 Å². The van der Waals surface area contributed by atoms with Crippen LogP contribution in [0, 0.1) is 0 Å². The maximum Gasteiger partial charge on any atom is 0.0965 e. The molecule has 1 aromatic heterocycles. The van der Waals surface area contributed by atoms with E-state index >= 15 is 0 Å². The van der Waals surface area contributed by atoms with Crippen LogP contribution in [0.25, 0.3) is 10.9 Å². The van der Waals surface area contributed by atoms with Crippen LogP contribution in [-0.4, -0.2) is 34.6 Å². The molecule has 4 heteroatoms. The fourth-order valence-electron chi connectivity index (χ4n) is 2.90. The number of rotatable bonds is 2. The van der Waals surface area contributed by atoms with Crippen LogP contribution >= 0.6 is 15.9 Å². The molecule has 1 aromatic carbocycles. The first kappa shape index (κ1) is 12.2. The van der Waals surface area contributed by atoms with Gasteiger partial charge in [0.2, 0.25) is 0 Å². The quantitative estimate of drug-likeness (QED) is 0.895. The Kier molecular flexibility index (Phi) is 3.18. The predicted octanol–water partition coefficient (Wildman–Crippen LogP) is 3.06. The van der Waals surface area contributed by atoms with Crippen molar-refractivity contribution >= 4 is 26.8 Å². The maximum atomic E-state index is 10.6. The molecule has 0 amide bonds. The van der Waals surface area contributed by atoms with E-state index in [0.29, 0.717) is 0 Å². The lowest BCUT2D eigenvalue weighted by Crippen LogP contribution is -2.30. The standard InChI is InChI=1S/C14H17BrN2O/c1-17-6-2-3-13(17)14(18)11-8-16-12-5-4-9(15)7-10(11)12/h4-5,7-8,13-14,16,18H,2-3,6H2,1H3/t13?,14-/m0/s1. The molecule has 0 bridgehead atoms. The zero-order valence-corrected chi connectivity index (χ0v) is 11.9. The molecule has 1 unspecified atom stereocenters. The summed E-state index contributed by atoms with van der Waals surface area (Å²) in [5.41, 5.74) is 2.08. The average Bonchev–Trinajstić information content (AvgIpc) is 2.94. The van der Waals surface area contributed by atoms with E-state index in [9.17, 15) is 5.11 Å². The van der Waals surface area contributed by atoms with Crippen LogP contribution in [0.2, 0.25) is 0 Å². The number of H-pyrrole nitrogens is 1. The van der Waals surface area contributed by atoms with Crippen molar-refractivity contribution in [3.63, 3.8) is 0 Å². The van der Waals surface area contributed by atoms with Gasteiger partial charge in [0, 0.05) is 33.2 Å². The topological polar surface area (TPSA) is 39.3 Å². The van der Waals surface area contributed by atoms with Crippen molar-refractivity contribution in [3.05, 3.63) is 34.4 Å². The number of hydrogen-bond donors (Lipinski definition) is 2. The Morgan fingerprint density at radius 3 is 3.06 bits per heavy atom. The van der Waals surface area contributed by atoms with E-state index < -0.39 is 6.10 Å². The van der Waals surface area contributed by atoms with Crippen LogP contribution in [0.15, 0.2) is 28.9 Å². The summed E-state index contributed by atoms with van der Waals surface area (Å²) >= 11 is 3.49. The molecule has 3 rings (SSSR count). The Bertz CT molecular complexity index is 566. The molecule has 0 radical (unpaired) electrons. The SMILES string of the molecule is CN1CCCC1[C@@H](O)c1c[nH]c2ccc(Br)cc12. The Morgan fingerprint density at radius 2 is 2.33 bits per heavy atom. The molecule has 1 aliphatic heterocycles. The van der Waals surface area contributed by atoms with Gasteiger partial charge in [0.15, 0.2) is 0 Å². The molecule has 3 nitrogen and oxygen atoms in total. The number of aliphatic hydroxyl groups excluding tert-OH is 1. The predicted molar refractivity (Wildman–Crippen MR) is 76.6 cm³/mol. The minimum atomic E-state index is -0.416. The summed E-state index contributed by atoms with van der Waals surface area (Å²) in [6, 6.07) is 6.35. The number of benzene rings is 1. The van der Waals surface area contributed by atoms with Gasteiger partial charge in [0.1, 0.15) is 0 Å². The summed E-state index contributed by atoms with van der Waals surface area (Å²) in [7, 11) is 2.09. The fraction of sp³-hybridized carbons (Fsp3) is 0.429. The molecular weight excluding hydrogens is 292 g/mol. The smallest absolute Gasteiger partial charge is 0.0965 e. The molecule has 2 heterocycles. The van der Waals surface area contributed by atoms with Crippen LogP contribution in [0.5, 0.6) is 0 Å². The van der Waals surface area contributed by atoms with Crippen LogP contribution < -0.4 is 0 Å². The fourth-order valence-corrected chi connectivity index (χ4v) is 3.26. The molecule has 2 aromatic rings. The number of nitrogens with one attached hydrogen (secondary N) is 1. The minimum absolute atomic E-state index is 0.239. The summed E-state index contributed by atoms with van der Waals surface area (Å²) in [4.78, 5) is 5.49. The highest BCUT2D eigenvalue weighted by Crippen LogP contribution is 2.33. The lowest BCUT2D eigenvalue weighted by atomic mass is 10.00. The molecule has 96 valence electrons. The van der Waals surface area contributed by atoms with Crippen LogP contribution in [0.3, 0.4) is 0 Å². The van der Waals surface area contributed by atoms with Gasteiger partial charge in [0.25, 0.3) is 0 Å². The third-order valence-corrected chi connectivity index (χ3v) is 4.43. The van der Waals surface area contributed by atoms with E-state index in [-0.39, 0.29) is 6.04 Å². The third kappa shape index (κ3) is 1.98. The van der Waals surface area contributed by atoms with Gasteiger partial charge in [-0.3, -0.25) is 0 Å². The van der Waals surface area contributed by atoms with Crippen molar-refractivity contribution in [2.75, 3.05) is 13.6 Å². The minimum Gasteiger partial charge on any atom is -0.387 e. The number of halogens is 1. The molecule has 18 heavy (non-hydrogen) atoms. The normalized spacial score (nSPS) is 22.7. The van der Waals surface area contributed by atoms with Crippen LogP contribution in [0.4, 0.5) is 0 Å². The van der Waals surface area contributed by atoms with E-state index in [4.69, 9.17) is 0 Å². The Labute approximate surface area is 115 Å². The number of aromatic nitrogens is 1. The Morgan fingerprint density at radius 1 is 1.50 bits per heavy atom. The van der Waals surface area contributed by atoms with E-state index in [1.807, 2.05) is 18.3 Å². The number of aromatic amines is 1. The lowest BCUT2D eigenvalue weighted by molar-refractivity contribution is 0.0868. The van der Waals surface area contributed by atoms with Gasteiger partial charge in [-0.2, -0.15) is 0 Å². The number of nitrogens with zero attached hydrogens (tertiary/aromatic N) is 1. The Hall–Kier alpha value is -0.840. The first-order chi connectivity index (χ1) is 8.66. The monoisotopic (exact) mass is 308 g/mol. The van der Waals surface area contributed by atoms with Gasteiger partial charge < -0.3 is 15.0 Å². The molecule has 0 aliphatic carbocycles. The van der Waals surface area contributed by atoms with Crippen LogP contribution in [-0.2, 0) is 0 Å². The molecule has 1 fully saturated rings. The van der Waals surface area contributed by atoms with Gasteiger partial charge in [-0.1, -0.05) is 15.9 Å². The van der Waals surface area contributed by atoms with Crippen molar-refractivity contribution in [1.29, 1.82) is 0 Å². The number of likely N-dealkylation sites (N-methyl/N-ethyl adjacent to an activating group) is 1. The number of likely N-dealkylation sites (tertiary alicyclic amines) is 1. The summed E-state index contributed by atoms with van der Waals surface area (Å²) in [6.45, 7) is 1.08. The van der Waals surface area contributed by atoms with Crippen molar-refractivity contribution in [2.45, 2.75) is 25.0 Å². The van der Waals surface area contributed by atoms with Gasteiger partial charge in [-0.15, -0.1) is 0 Å². The van der Waals surface area contributed by atoms with E-state index in [1.165, 1.54) is 6.42 Å². The van der Waals surface area contributed by atoms with Gasteiger partial charge >= 0.3 is 0 Å². The van der Waals surface area contributed by atoms with Crippen molar-refractivity contribution < 1.29 is 5.11 Å². The molecule has 1 aliphatic rings. The second-order valence-corrected chi connectivity index (χ2v) is 5.98. The summed E-state index contributed by atoms with van der Waals surface area (Å²) in [6.07, 6.45) is 3.76. The third-order valence-electron chi connectivity index (χ3n) is 3.94. The molecule has 1 saturated heterocycles. The highest BCUT2D eigenvalue weighted by Gasteiger charge is 2.30. The van der Waals surface area contributed by atoms with Gasteiger partial charge in [-0.05, 0) is 44.6 Å². The zero-order chi connectivity index (χ0) is 12.7. The largest absolute Gasteiger partial charge is 0.387 e. The Balaban J connectivity index is 2.00. The maximum absolute atomic E-state index is 10.6. The number of aliphatic hydroxyl groups is 1. The first-order valence-corrected chi connectivity index (χ1v) is 7.11. The molecule has 0 spiro atoms. The van der Waals surface area contributed by atoms with E-state index in [0.717, 1.165) is 33.9 Å². The highest BCUT2D eigenvalue weighted by molar-refractivity contribution is 9.10. The zero-order valence-electron chi connectivity index (χ0n) is 10.4. The van der Waals surface area contributed by atoms with Crippen molar-refractivity contribution in [3.8, 4) is 0 Å². The molecule has 2 atom stereocenters. The van der Waals surface area contributed by atoms with Crippen molar-refractivity contribution in [1.82, 2.24) is 9.88 Å². The van der Waals surface area contributed by atoms with Crippen molar-refractivity contribution in [2.24, 2.45) is 0 Å². The van der Waals surface area contributed by atoms with Gasteiger partial charge in [-0.25, -0.2) is 0 Å². The molecule has 2 N–H and O–H groups in total. The van der Waals surface area contributed by atoms with Gasteiger partial charge in [0.05, 0.1) is 6.10 Å². The van der Waals surface area contributed by atoms with E-state index in [2.05, 4.69) is 38.9 Å². The number of fused-ring (bicyclic) bond motifs is 1. The van der Waals surface area contributed by atoms with Crippen LogP contribution in [0.1, 0.15) is 24.5 Å². The second kappa shape index (κ2) is 4.68. The summed E-state index contributed by atoms with van der Waals surface area (Å²) < 4.78 is 1.04. The highest BCUT2D eigenvalue weighted by atomic mass is 79.9. The summed E-state index contributed by atoms with van der Waals surface area (Å²) in [5, 5.41) is 11.7. The second-order valence-electron chi connectivity index (χ2n) is 5.07. The number of hydrogen-bond acceptors (Lipinski definition) is 2. The molecular formula is C14H17BrN2O.